The summed E-state index contributed by atoms with van der Waals surface area (Å²) in [7, 11) is 0. The van der Waals surface area contributed by atoms with E-state index in [1.54, 1.807) is 0 Å². The summed E-state index contributed by atoms with van der Waals surface area (Å²) in [5, 5.41) is 0.704. The van der Waals surface area contributed by atoms with Crippen LogP contribution in [0.3, 0.4) is 0 Å². The molecule has 0 saturated carbocycles. The Balaban J connectivity index is 2.50. The molecule has 0 aliphatic carbocycles. The van der Waals surface area contributed by atoms with Crippen molar-refractivity contribution in [2.24, 2.45) is 0 Å². The Morgan fingerprint density at radius 3 is 2.72 bits per heavy atom. The zero-order valence-corrected chi connectivity index (χ0v) is 11.3. The second-order valence-corrected chi connectivity index (χ2v) is 4.75. The fraction of sp³-hybridized carbons (Fsp3) is 0.308. The fourth-order valence-electron chi connectivity index (χ4n) is 1.85. The van der Waals surface area contributed by atoms with Gasteiger partial charge in [0.25, 0.3) is 0 Å². The molecule has 4 N–H and O–H groups in total. The molecular formula is C13H17ClN4. The molecule has 2 rings (SSSR count). The molecule has 0 saturated heterocycles. The highest BCUT2D eigenvalue weighted by molar-refractivity contribution is 6.31. The summed E-state index contributed by atoms with van der Waals surface area (Å²) in [6, 6.07) is 5.77. The molecule has 0 fully saturated rings. The van der Waals surface area contributed by atoms with E-state index in [9.17, 15) is 0 Å². The van der Waals surface area contributed by atoms with E-state index >= 15 is 0 Å². The Kier molecular flexibility index (Phi) is 3.48. The Morgan fingerprint density at radius 1 is 1.39 bits per heavy atom. The zero-order valence-electron chi connectivity index (χ0n) is 10.6. The number of imidazole rings is 1. The number of halogens is 1. The third kappa shape index (κ3) is 2.16. The van der Waals surface area contributed by atoms with Gasteiger partial charge in [0.1, 0.15) is 11.5 Å². The van der Waals surface area contributed by atoms with E-state index < -0.39 is 0 Å². The molecule has 4 nitrogen and oxygen atoms in total. The summed E-state index contributed by atoms with van der Waals surface area (Å²) in [5.41, 5.74) is 8.60. The molecule has 2 aromatic rings. The first-order chi connectivity index (χ1) is 8.54. The van der Waals surface area contributed by atoms with Crippen LogP contribution in [0, 0.1) is 6.92 Å². The van der Waals surface area contributed by atoms with Crippen LogP contribution in [0.15, 0.2) is 18.2 Å². The van der Waals surface area contributed by atoms with Crippen molar-refractivity contribution >= 4 is 17.4 Å². The van der Waals surface area contributed by atoms with Gasteiger partial charge in [-0.2, -0.15) is 0 Å². The van der Waals surface area contributed by atoms with Gasteiger partial charge in [0, 0.05) is 17.0 Å². The van der Waals surface area contributed by atoms with Crippen molar-refractivity contribution in [1.29, 1.82) is 0 Å². The SMILES string of the molecule is CCCc1nc(-c2ccc(C)c(Cl)c2)c(N)n1N. The van der Waals surface area contributed by atoms with Gasteiger partial charge in [-0.15, -0.1) is 0 Å². The van der Waals surface area contributed by atoms with Gasteiger partial charge < -0.3 is 11.6 Å². The smallest absolute Gasteiger partial charge is 0.150 e. The summed E-state index contributed by atoms with van der Waals surface area (Å²) in [4.78, 5) is 4.49. The first-order valence-electron chi connectivity index (χ1n) is 5.93. The number of hydrogen-bond donors (Lipinski definition) is 2. The molecule has 0 bridgehead atoms. The number of aryl methyl sites for hydroxylation is 2. The molecule has 1 aromatic carbocycles. The number of nitrogens with two attached hydrogens (primary N) is 2. The number of anilines is 1. The van der Waals surface area contributed by atoms with Gasteiger partial charge in [-0.3, -0.25) is 0 Å². The maximum Gasteiger partial charge on any atom is 0.150 e. The van der Waals surface area contributed by atoms with E-state index in [2.05, 4.69) is 11.9 Å². The molecule has 0 spiro atoms. The highest BCUT2D eigenvalue weighted by atomic mass is 35.5. The Labute approximate surface area is 112 Å². The average molecular weight is 265 g/mol. The van der Waals surface area contributed by atoms with Crippen molar-refractivity contribution < 1.29 is 0 Å². The molecular weight excluding hydrogens is 248 g/mol. The number of benzene rings is 1. The van der Waals surface area contributed by atoms with E-state index in [4.69, 9.17) is 23.2 Å². The second kappa shape index (κ2) is 4.90. The Bertz CT molecular complexity index is 575. The first-order valence-corrected chi connectivity index (χ1v) is 6.31. The van der Waals surface area contributed by atoms with Crippen molar-refractivity contribution in [3.05, 3.63) is 34.6 Å². The fourth-order valence-corrected chi connectivity index (χ4v) is 2.03. The monoisotopic (exact) mass is 264 g/mol. The molecule has 18 heavy (non-hydrogen) atoms. The van der Waals surface area contributed by atoms with E-state index in [0.717, 1.165) is 29.8 Å². The predicted octanol–water partition coefficient (Wildman–Crippen LogP) is 2.76. The molecule has 0 aliphatic heterocycles. The molecule has 1 aromatic heterocycles. The van der Waals surface area contributed by atoms with Gasteiger partial charge in [-0.1, -0.05) is 30.7 Å². The molecule has 0 radical (unpaired) electrons. The summed E-state index contributed by atoms with van der Waals surface area (Å²) < 4.78 is 1.45. The van der Waals surface area contributed by atoms with Gasteiger partial charge in [-0.25, -0.2) is 9.66 Å². The normalized spacial score (nSPS) is 10.8. The van der Waals surface area contributed by atoms with Crippen LogP contribution in [0.1, 0.15) is 24.7 Å². The number of nitrogens with zero attached hydrogens (tertiary/aromatic N) is 2. The third-order valence-electron chi connectivity index (χ3n) is 2.94. The predicted molar refractivity (Wildman–Crippen MR) is 76.0 cm³/mol. The molecule has 5 heteroatoms. The first kappa shape index (κ1) is 12.8. The molecule has 96 valence electrons. The maximum atomic E-state index is 6.12. The standard InChI is InChI=1S/C13H17ClN4/c1-3-4-11-17-12(13(15)18(11)16)9-6-5-8(2)10(14)7-9/h5-7H,3-4,15-16H2,1-2H3. The number of rotatable bonds is 3. The minimum absolute atomic E-state index is 0.471. The van der Waals surface area contributed by atoms with Crippen molar-refractivity contribution in [2.75, 3.05) is 11.6 Å². The van der Waals surface area contributed by atoms with Gasteiger partial charge in [0.2, 0.25) is 0 Å². The third-order valence-corrected chi connectivity index (χ3v) is 3.35. The van der Waals surface area contributed by atoms with E-state index in [1.807, 2.05) is 25.1 Å². The lowest BCUT2D eigenvalue weighted by molar-refractivity contribution is 0.794. The van der Waals surface area contributed by atoms with Gasteiger partial charge in [-0.05, 0) is 25.0 Å². The van der Waals surface area contributed by atoms with Crippen LogP contribution in [0.2, 0.25) is 5.02 Å². The highest BCUT2D eigenvalue weighted by Crippen LogP contribution is 2.28. The summed E-state index contributed by atoms with van der Waals surface area (Å²) in [6.07, 6.45) is 1.78. The summed E-state index contributed by atoms with van der Waals surface area (Å²) in [5.74, 6) is 7.15. The Morgan fingerprint density at radius 2 is 2.11 bits per heavy atom. The van der Waals surface area contributed by atoms with Crippen LogP contribution in [0.4, 0.5) is 5.82 Å². The summed E-state index contributed by atoms with van der Waals surface area (Å²) in [6.45, 7) is 4.03. The van der Waals surface area contributed by atoms with Crippen LogP contribution in [0.25, 0.3) is 11.3 Å². The average Bonchev–Trinajstić information content (AvgIpc) is 2.62. The number of nitrogen functional groups attached to an aromatic ring is 2. The second-order valence-electron chi connectivity index (χ2n) is 4.35. The number of aromatic nitrogens is 2. The number of hydrogen-bond acceptors (Lipinski definition) is 3. The molecule has 0 aliphatic rings. The van der Waals surface area contributed by atoms with Crippen LogP contribution in [-0.2, 0) is 6.42 Å². The quantitative estimate of drug-likeness (QED) is 0.838. The molecule has 0 amide bonds. The van der Waals surface area contributed by atoms with Crippen LogP contribution >= 0.6 is 11.6 Å². The molecule has 0 unspecified atom stereocenters. The minimum atomic E-state index is 0.471. The van der Waals surface area contributed by atoms with Crippen molar-refractivity contribution in [1.82, 2.24) is 9.66 Å². The lowest BCUT2D eigenvalue weighted by Crippen LogP contribution is -2.15. The highest BCUT2D eigenvalue weighted by Gasteiger charge is 2.14. The minimum Gasteiger partial charge on any atom is -0.382 e. The topological polar surface area (TPSA) is 69.9 Å². The van der Waals surface area contributed by atoms with Crippen LogP contribution < -0.4 is 11.6 Å². The lowest BCUT2D eigenvalue weighted by Gasteiger charge is -2.03. The van der Waals surface area contributed by atoms with E-state index in [0.29, 0.717) is 16.5 Å². The van der Waals surface area contributed by atoms with Crippen molar-refractivity contribution in [3.8, 4) is 11.3 Å². The zero-order chi connectivity index (χ0) is 13.3. The maximum absolute atomic E-state index is 6.12. The van der Waals surface area contributed by atoms with Crippen molar-refractivity contribution in [2.45, 2.75) is 26.7 Å². The van der Waals surface area contributed by atoms with Gasteiger partial charge in [0.15, 0.2) is 5.82 Å². The van der Waals surface area contributed by atoms with Crippen LogP contribution in [-0.4, -0.2) is 9.66 Å². The van der Waals surface area contributed by atoms with E-state index in [1.165, 1.54) is 4.68 Å². The van der Waals surface area contributed by atoms with Crippen LogP contribution in [0.5, 0.6) is 0 Å². The largest absolute Gasteiger partial charge is 0.382 e. The van der Waals surface area contributed by atoms with Gasteiger partial charge >= 0.3 is 0 Å². The Hall–Kier alpha value is -1.68. The van der Waals surface area contributed by atoms with E-state index in [-0.39, 0.29) is 0 Å². The molecule has 0 atom stereocenters. The summed E-state index contributed by atoms with van der Waals surface area (Å²) >= 11 is 6.12. The van der Waals surface area contributed by atoms with Gasteiger partial charge in [0.05, 0.1) is 0 Å². The molecule has 1 heterocycles. The van der Waals surface area contributed by atoms with Crippen molar-refractivity contribution in [3.63, 3.8) is 0 Å². The lowest BCUT2D eigenvalue weighted by atomic mass is 10.1.